The van der Waals surface area contributed by atoms with E-state index in [1.165, 1.54) is 11.3 Å². The highest BCUT2D eigenvalue weighted by Gasteiger charge is 2.29. The van der Waals surface area contributed by atoms with Crippen molar-refractivity contribution in [2.75, 3.05) is 16.8 Å². The van der Waals surface area contributed by atoms with Crippen LogP contribution < -0.4 is 10.2 Å². The van der Waals surface area contributed by atoms with Gasteiger partial charge in [0.15, 0.2) is 5.13 Å². The first kappa shape index (κ1) is 19.4. The molecule has 156 valence electrons. The van der Waals surface area contributed by atoms with E-state index in [0.29, 0.717) is 17.4 Å². The minimum Gasteiger partial charge on any atom is -0.348 e. The van der Waals surface area contributed by atoms with E-state index in [4.69, 9.17) is 4.98 Å². The Bertz CT molecular complexity index is 1160. The molecule has 0 spiro atoms. The van der Waals surface area contributed by atoms with Gasteiger partial charge in [0.2, 0.25) is 0 Å². The van der Waals surface area contributed by atoms with Crippen molar-refractivity contribution in [1.82, 2.24) is 19.5 Å². The van der Waals surface area contributed by atoms with Crippen molar-refractivity contribution in [3.8, 4) is 0 Å². The third-order valence-corrected chi connectivity index (χ3v) is 6.22. The topological polar surface area (TPSA) is 75.9 Å². The molecule has 1 N–H and O–H groups in total. The predicted octanol–water partition coefficient (Wildman–Crippen LogP) is 4.38. The molecule has 5 heterocycles. The molecular formula is C23H22N6OS. The maximum Gasteiger partial charge on any atom is 0.274 e. The molecule has 0 bridgehead atoms. The summed E-state index contributed by atoms with van der Waals surface area (Å²) >= 11 is 1.46. The molecule has 1 fully saturated rings. The molecule has 0 saturated carbocycles. The van der Waals surface area contributed by atoms with Gasteiger partial charge in [0.05, 0.1) is 11.7 Å². The molecular weight excluding hydrogens is 408 g/mol. The smallest absolute Gasteiger partial charge is 0.274 e. The first-order valence-corrected chi connectivity index (χ1v) is 11.1. The van der Waals surface area contributed by atoms with E-state index >= 15 is 0 Å². The number of rotatable bonds is 6. The lowest BCUT2D eigenvalue weighted by Crippen LogP contribution is -2.23. The van der Waals surface area contributed by atoms with Crippen molar-refractivity contribution in [3.63, 3.8) is 0 Å². The molecule has 0 aliphatic carbocycles. The maximum atomic E-state index is 12.9. The van der Waals surface area contributed by atoms with Crippen LogP contribution >= 0.6 is 11.3 Å². The summed E-state index contributed by atoms with van der Waals surface area (Å²) in [7, 11) is 0. The number of anilines is 2. The van der Waals surface area contributed by atoms with Crippen LogP contribution in [0.2, 0.25) is 0 Å². The van der Waals surface area contributed by atoms with Gasteiger partial charge in [-0.25, -0.2) is 9.97 Å². The van der Waals surface area contributed by atoms with Crippen LogP contribution in [0.25, 0.3) is 0 Å². The van der Waals surface area contributed by atoms with E-state index in [-0.39, 0.29) is 11.9 Å². The molecule has 0 radical (unpaired) electrons. The van der Waals surface area contributed by atoms with Crippen LogP contribution in [0.1, 0.15) is 40.6 Å². The molecule has 1 aliphatic rings. The van der Waals surface area contributed by atoms with Crippen LogP contribution in [-0.4, -0.2) is 32.0 Å². The van der Waals surface area contributed by atoms with Gasteiger partial charge in [0.1, 0.15) is 11.5 Å². The highest BCUT2D eigenvalue weighted by molar-refractivity contribution is 7.14. The zero-order valence-corrected chi connectivity index (χ0v) is 17.7. The van der Waals surface area contributed by atoms with Crippen LogP contribution in [0.5, 0.6) is 0 Å². The fraction of sp³-hybridized carbons (Fsp3) is 0.217. The number of hydrogen-bond donors (Lipinski definition) is 1. The molecule has 0 aromatic carbocycles. The molecule has 1 unspecified atom stereocenters. The number of thiazole rings is 1. The third-order valence-electron chi connectivity index (χ3n) is 5.44. The summed E-state index contributed by atoms with van der Waals surface area (Å²) in [5.41, 5.74) is 2.67. The van der Waals surface area contributed by atoms with Crippen molar-refractivity contribution in [3.05, 3.63) is 89.6 Å². The zero-order valence-electron chi connectivity index (χ0n) is 16.9. The molecule has 8 heteroatoms. The Hall–Kier alpha value is -3.52. The van der Waals surface area contributed by atoms with E-state index in [2.05, 4.69) is 20.2 Å². The lowest BCUT2D eigenvalue weighted by atomic mass is 10.2. The zero-order chi connectivity index (χ0) is 21.0. The lowest BCUT2D eigenvalue weighted by molar-refractivity contribution is 0.101. The molecule has 4 aromatic rings. The molecule has 1 amide bonds. The minimum absolute atomic E-state index is 0.159. The fourth-order valence-corrected chi connectivity index (χ4v) is 4.72. The van der Waals surface area contributed by atoms with E-state index in [0.717, 1.165) is 36.5 Å². The normalized spacial score (nSPS) is 15.9. The molecule has 1 saturated heterocycles. The maximum absolute atomic E-state index is 12.9. The number of carbonyl (C=O) groups is 1. The number of nitrogens with zero attached hydrogens (tertiary/aromatic N) is 5. The Morgan fingerprint density at radius 2 is 2.03 bits per heavy atom. The van der Waals surface area contributed by atoms with Crippen molar-refractivity contribution in [2.45, 2.75) is 25.4 Å². The Morgan fingerprint density at radius 1 is 1.13 bits per heavy atom. The highest BCUT2D eigenvalue weighted by Crippen LogP contribution is 2.36. The quantitative estimate of drug-likeness (QED) is 0.491. The standard InChI is InChI=1S/C23H22N6OS/c30-22(20-6-3-13-28(20)15-17-8-11-24-12-9-17)27-23-26-18(16-31-23)19-5-4-14-29(19)21-7-1-2-10-25-21/h1-3,6-13,16,19H,4-5,14-15H2,(H,26,27,30). The van der Waals surface area contributed by atoms with Gasteiger partial charge in [-0.2, -0.15) is 0 Å². The van der Waals surface area contributed by atoms with Crippen molar-refractivity contribution in [2.24, 2.45) is 0 Å². The minimum atomic E-state index is -0.159. The summed E-state index contributed by atoms with van der Waals surface area (Å²) in [6.45, 7) is 1.58. The van der Waals surface area contributed by atoms with Crippen molar-refractivity contribution >= 4 is 28.2 Å². The highest BCUT2D eigenvalue weighted by atomic mass is 32.1. The van der Waals surface area contributed by atoms with Crippen molar-refractivity contribution in [1.29, 1.82) is 0 Å². The van der Waals surface area contributed by atoms with Gasteiger partial charge in [0, 0.05) is 43.3 Å². The predicted molar refractivity (Wildman–Crippen MR) is 121 cm³/mol. The monoisotopic (exact) mass is 430 g/mol. The molecule has 31 heavy (non-hydrogen) atoms. The van der Waals surface area contributed by atoms with E-state index in [1.807, 2.05) is 64.8 Å². The summed E-state index contributed by atoms with van der Waals surface area (Å²) in [6.07, 6.45) is 9.37. The Morgan fingerprint density at radius 3 is 2.87 bits per heavy atom. The van der Waals surface area contributed by atoms with Gasteiger partial charge in [-0.05, 0) is 54.8 Å². The lowest BCUT2D eigenvalue weighted by Gasteiger charge is -2.24. The third kappa shape index (κ3) is 4.20. The van der Waals surface area contributed by atoms with Gasteiger partial charge in [0.25, 0.3) is 5.91 Å². The number of carbonyl (C=O) groups excluding carboxylic acids is 1. The fourth-order valence-electron chi connectivity index (χ4n) is 3.97. The molecule has 1 aliphatic heterocycles. The average molecular weight is 431 g/mol. The van der Waals surface area contributed by atoms with E-state index < -0.39 is 0 Å². The summed E-state index contributed by atoms with van der Waals surface area (Å²) in [5, 5.41) is 5.62. The first-order chi connectivity index (χ1) is 15.3. The van der Waals surface area contributed by atoms with Gasteiger partial charge in [-0.3, -0.25) is 15.1 Å². The van der Waals surface area contributed by atoms with Crippen molar-refractivity contribution < 1.29 is 4.79 Å². The second kappa shape index (κ2) is 8.69. The number of amides is 1. The number of aromatic nitrogens is 4. The van der Waals surface area contributed by atoms with E-state index in [1.54, 1.807) is 12.4 Å². The average Bonchev–Trinajstić information content (AvgIpc) is 3.56. The number of pyridine rings is 2. The Kier molecular flexibility index (Phi) is 5.45. The Balaban J connectivity index is 1.29. The van der Waals surface area contributed by atoms with Crippen LogP contribution in [0, 0.1) is 0 Å². The molecule has 7 nitrogen and oxygen atoms in total. The van der Waals surface area contributed by atoms with E-state index in [9.17, 15) is 4.79 Å². The van der Waals surface area contributed by atoms with Gasteiger partial charge in [-0.15, -0.1) is 11.3 Å². The number of hydrogen-bond acceptors (Lipinski definition) is 6. The molecule has 1 atom stereocenters. The van der Waals surface area contributed by atoms with Gasteiger partial charge in [-0.1, -0.05) is 6.07 Å². The summed E-state index contributed by atoms with van der Waals surface area (Å²) in [5.74, 6) is 0.811. The van der Waals surface area contributed by atoms with Gasteiger partial charge < -0.3 is 9.47 Å². The number of nitrogens with one attached hydrogen (secondary N) is 1. The second-order valence-electron chi connectivity index (χ2n) is 7.45. The van der Waals surface area contributed by atoms with Crippen LogP contribution in [0.3, 0.4) is 0 Å². The van der Waals surface area contributed by atoms with Crippen LogP contribution in [-0.2, 0) is 6.54 Å². The summed E-state index contributed by atoms with van der Waals surface area (Å²) in [6, 6.07) is 13.8. The SMILES string of the molecule is O=C(Nc1nc(C2CCCN2c2ccccn2)cs1)c1cccn1Cc1ccncc1. The molecule has 5 rings (SSSR count). The Labute approximate surface area is 184 Å². The van der Waals surface area contributed by atoms with Crippen LogP contribution in [0.4, 0.5) is 10.9 Å². The summed E-state index contributed by atoms with van der Waals surface area (Å²) < 4.78 is 1.93. The first-order valence-electron chi connectivity index (χ1n) is 10.3. The van der Waals surface area contributed by atoms with Crippen LogP contribution in [0.15, 0.2) is 72.6 Å². The molecule has 4 aromatic heterocycles. The second-order valence-corrected chi connectivity index (χ2v) is 8.31. The largest absolute Gasteiger partial charge is 0.348 e. The summed E-state index contributed by atoms with van der Waals surface area (Å²) in [4.78, 5) is 28.5. The van der Waals surface area contributed by atoms with Gasteiger partial charge >= 0.3 is 0 Å².